The van der Waals surface area contributed by atoms with Crippen molar-refractivity contribution >= 4 is 0 Å². The second-order valence-corrected chi connectivity index (χ2v) is 4.93. The molecule has 0 saturated carbocycles. The Kier molecular flexibility index (Phi) is 5.78. The highest BCUT2D eigenvalue weighted by Gasteiger charge is 2.18. The van der Waals surface area contributed by atoms with E-state index < -0.39 is 6.10 Å². The molecule has 2 unspecified atom stereocenters. The number of nitrogens with zero attached hydrogens (tertiary/aromatic N) is 3. The summed E-state index contributed by atoms with van der Waals surface area (Å²) in [5.74, 6) is 0. The minimum Gasteiger partial charge on any atom is -0.390 e. The predicted octanol–water partition coefficient (Wildman–Crippen LogP) is -0.446. The van der Waals surface area contributed by atoms with Crippen molar-refractivity contribution in [3.8, 4) is 0 Å². The molecule has 2 rings (SSSR count). The molecule has 6 nitrogen and oxygen atoms in total. The monoisotopic (exact) mass is 268 g/mol. The van der Waals surface area contributed by atoms with Crippen LogP contribution >= 0.6 is 0 Å². The summed E-state index contributed by atoms with van der Waals surface area (Å²) in [4.78, 5) is 2.38. The summed E-state index contributed by atoms with van der Waals surface area (Å²) in [6.07, 6.45) is 3.37. The fourth-order valence-corrected chi connectivity index (χ4v) is 2.29. The minimum absolute atomic E-state index is 0.227. The molecule has 2 atom stereocenters. The van der Waals surface area contributed by atoms with Gasteiger partial charge in [-0.15, -0.1) is 0 Å². The van der Waals surface area contributed by atoms with Crippen LogP contribution in [-0.4, -0.2) is 71.3 Å². The zero-order chi connectivity index (χ0) is 13.5. The van der Waals surface area contributed by atoms with E-state index in [1.165, 1.54) is 0 Å². The molecule has 0 amide bonds. The van der Waals surface area contributed by atoms with Gasteiger partial charge < -0.3 is 15.2 Å². The lowest BCUT2D eigenvalue weighted by molar-refractivity contribution is -0.0263. The van der Waals surface area contributed by atoms with E-state index in [-0.39, 0.29) is 6.10 Å². The molecule has 108 valence electrons. The van der Waals surface area contributed by atoms with Gasteiger partial charge in [0.1, 0.15) is 0 Å². The van der Waals surface area contributed by atoms with Gasteiger partial charge in [-0.05, 0) is 12.6 Å². The van der Waals surface area contributed by atoms with Crippen LogP contribution < -0.4 is 5.32 Å². The molecule has 1 aromatic rings. The molecule has 1 saturated heterocycles. The van der Waals surface area contributed by atoms with E-state index in [0.717, 1.165) is 32.8 Å². The molecule has 2 heterocycles. The third kappa shape index (κ3) is 4.91. The topological polar surface area (TPSA) is 62.6 Å². The van der Waals surface area contributed by atoms with Gasteiger partial charge in [0.2, 0.25) is 0 Å². The molecule has 0 radical (unpaired) electrons. The molecule has 6 heteroatoms. The van der Waals surface area contributed by atoms with Crippen molar-refractivity contribution in [1.82, 2.24) is 20.0 Å². The van der Waals surface area contributed by atoms with Crippen molar-refractivity contribution < 1.29 is 9.84 Å². The Bertz CT molecular complexity index is 344. The summed E-state index contributed by atoms with van der Waals surface area (Å²) in [5.41, 5.74) is 0. The number of ether oxygens (including phenoxy) is 1. The van der Waals surface area contributed by atoms with Gasteiger partial charge in [-0.2, -0.15) is 5.10 Å². The summed E-state index contributed by atoms with van der Waals surface area (Å²) < 4.78 is 7.43. The van der Waals surface area contributed by atoms with E-state index in [4.69, 9.17) is 4.74 Å². The van der Waals surface area contributed by atoms with E-state index in [1.54, 1.807) is 10.9 Å². The summed E-state index contributed by atoms with van der Waals surface area (Å²) in [7, 11) is 0. The normalized spacial score (nSPS) is 22.5. The Morgan fingerprint density at radius 1 is 1.58 bits per heavy atom. The highest BCUT2D eigenvalue weighted by molar-refractivity contribution is 4.79. The molecule has 19 heavy (non-hydrogen) atoms. The van der Waals surface area contributed by atoms with Crippen LogP contribution in [0.1, 0.15) is 6.92 Å². The summed E-state index contributed by atoms with van der Waals surface area (Å²) in [6.45, 7) is 7.90. The third-order valence-corrected chi connectivity index (χ3v) is 3.38. The van der Waals surface area contributed by atoms with Crippen molar-refractivity contribution in [2.45, 2.75) is 25.7 Å². The Morgan fingerprint density at radius 2 is 2.47 bits per heavy atom. The highest BCUT2D eigenvalue weighted by atomic mass is 16.5. The number of likely N-dealkylation sites (N-methyl/N-ethyl adjacent to an activating group) is 1. The summed E-state index contributed by atoms with van der Waals surface area (Å²) >= 11 is 0. The van der Waals surface area contributed by atoms with Gasteiger partial charge in [-0.1, -0.05) is 6.92 Å². The lowest BCUT2D eigenvalue weighted by Crippen LogP contribution is -2.47. The Balaban J connectivity index is 1.60. The Hall–Kier alpha value is -0.950. The zero-order valence-electron chi connectivity index (χ0n) is 11.5. The number of nitrogens with one attached hydrogen (secondary N) is 1. The number of rotatable bonds is 7. The molecule has 0 bridgehead atoms. The van der Waals surface area contributed by atoms with Crippen LogP contribution in [0, 0.1) is 0 Å². The van der Waals surface area contributed by atoms with Crippen LogP contribution in [0.3, 0.4) is 0 Å². The first kappa shape index (κ1) is 14.5. The van der Waals surface area contributed by atoms with Gasteiger partial charge in [0.15, 0.2) is 0 Å². The maximum atomic E-state index is 9.87. The summed E-state index contributed by atoms with van der Waals surface area (Å²) in [6, 6.07) is 1.86. The van der Waals surface area contributed by atoms with E-state index in [9.17, 15) is 5.11 Å². The van der Waals surface area contributed by atoms with E-state index in [1.807, 2.05) is 12.3 Å². The van der Waals surface area contributed by atoms with Gasteiger partial charge in [0.05, 0.1) is 25.4 Å². The third-order valence-electron chi connectivity index (χ3n) is 3.38. The fraction of sp³-hybridized carbons (Fsp3) is 0.769. The molecular formula is C13H24N4O2. The van der Waals surface area contributed by atoms with Crippen LogP contribution in [0.2, 0.25) is 0 Å². The molecule has 1 fully saturated rings. The standard InChI is InChI=1S/C13H24N4O2/c1-2-16-6-7-19-13(11-16)9-14-8-12(18)10-17-5-3-4-15-17/h3-5,12-14,18H,2,6-11H2,1H3. The first-order valence-electron chi connectivity index (χ1n) is 6.98. The lowest BCUT2D eigenvalue weighted by Gasteiger charge is -2.32. The first-order chi connectivity index (χ1) is 9.28. The maximum Gasteiger partial charge on any atom is 0.0860 e. The maximum absolute atomic E-state index is 9.87. The number of aromatic nitrogens is 2. The van der Waals surface area contributed by atoms with Crippen LogP contribution in [0.5, 0.6) is 0 Å². The SMILES string of the molecule is CCN1CCOC(CNCC(O)Cn2cccn2)C1. The zero-order valence-corrected chi connectivity index (χ0v) is 11.5. The van der Waals surface area contributed by atoms with Gasteiger partial charge in [0.25, 0.3) is 0 Å². The quantitative estimate of drug-likeness (QED) is 0.701. The van der Waals surface area contributed by atoms with Crippen molar-refractivity contribution in [2.24, 2.45) is 0 Å². The smallest absolute Gasteiger partial charge is 0.0860 e. The largest absolute Gasteiger partial charge is 0.390 e. The van der Waals surface area contributed by atoms with Gasteiger partial charge in [0, 0.05) is 38.6 Å². The molecule has 0 aliphatic carbocycles. The number of aliphatic hydroxyl groups excluding tert-OH is 1. The first-order valence-corrected chi connectivity index (χ1v) is 6.98. The average molecular weight is 268 g/mol. The molecule has 0 spiro atoms. The molecular weight excluding hydrogens is 244 g/mol. The van der Waals surface area contributed by atoms with Crippen molar-refractivity contribution in [3.63, 3.8) is 0 Å². The number of aliphatic hydroxyl groups is 1. The predicted molar refractivity (Wildman–Crippen MR) is 73.0 cm³/mol. The van der Waals surface area contributed by atoms with Gasteiger partial charge in [-0.3, -0.25) is 9.58 Å². The number of hydrogen-bond acceptors (Lipinski definition) is 5. The minimum atomic E-state index is -0.425. The second-order valence-electron chi connectivity index (χ2n) is 4.93. The lowest BCUT2D eigenvalue weighted by atomic mass is 10.2. The summed E-state index contributed by atoms with van der Waals surface area (Å²) in [5, 5.41) is 17.2. The fourth-order valence-electron chi connectivity index (χ4n) is 2.29. The van der Waals surface area contributed by atoms with Crippen LogP contribution in [0.25, 0.3) is 0 Å². The van der Waals surface area contributed by atoms with Gasteiger partial charge >= 0.3 is 0 Å². The van der Waals surface area contributed by atoms with E-state index >= 15 is 0 Å². The van der Waals surface area contributed by atoms with Crippen LogP contribution in [0.4, 0.5) is 0 Å². The molecule has 2 N–H and O–H groups in total. The van der Waals surface area contributed by atoms with Crippen LogP contribution in [-0.2, 0) is 11.3 Å². The van der Waals surface area contributed by atoms with Crippen LogP contribution in [0.15, 0.2) is 18.5 Å². The molecule has 1 aliphatic heterocycles. The Labute approximate surface area is 114 Å². The Morgan fingerprint density at radius 3 is 3.21 bits per heavy atom. The van der Waals surface area contributed by atoms with Crippen molar-refractivity contribution in [1.29, 1.82) is 0 Å². The number of hydrogen-bond donors (Lipinski definition) is 2. The highest BCUT2D eigenvalue weighted by Crippen LogP contribution is 2.03. The molecule has 1 aliphatic rings. The van der Waals surface area contributed by atoms with Crippen molar-refractivity contribution in [3.05, 3.63) is 18.5 Å². The average Bonchev–Trinajstić information content (AvgIpc) is 2.92. The second kappa shape index (κ2) is 7.59. The van der Waals surface area contributed by atoms with E-state index in [2.05, 4.69) is 22.2 Å². The molecule has 1 aromatic heterocycles. The molecule has 0 aromatic carbocycles. The number of morpholine rings is 1. The van der Waals surface area contributed by atoms with Gasteiger partial charge in [-0.25, -0.2) is 0 Å². The van der Waals surface area contributed by atoms with Crippen molar-refractivity contribution in [2.75, 3.05) is 39.3 Å². The van der Waals surface area contributed by atoms with E-state index in [0.29, 0.717) is 13.1 Å².